The van der Waals surface area contributed by atoms with Gasteiger partial charge in [-0.05, 0) is 19.1 Å². The van der Waals surface area contributed by atoms with Gasteiger partial charge in [-0.15, -0.1) is 0 Å². The number of phenolic OH excluding ortho intramolecular Hbond substituents is 1. The number of carbonyl (C=O) groups excluding carboxylic acids is 2. The number of nitrogens with one attached hydrogen (secondary N) is 1. The van der Waals surface area contributed by atoms with Crippen LogP contribution < -0.4 is 10.1 Å². The van der Waals surface area contributed by atoms with Gasteiger partial charge in [0.1, 0.15) is 18.0 Å². The summed E-state index contributed by atoms with van der Waals surface area (Å²) in [5, 5.41) is 12.0. The van der Waals surface area contributed by atoms with Crippen molar-refractivity contribution >= 4 is 11.9 Å². The summed E-state index contributed by atoms with van der Waals surface area (Å²) in [5.74, 6) is -0.854. The molecule has 18 heavy (non-hydrogen) atoms. The molecule has 6 heteroatoms. The molecular formula is C12H15NO5. The molecule has 0 aliphatic heterocycles. The molecule has 0 heterocycles. The van der Waals surface area contributed by atoms with E-state index in [1.165, 1.54) is 19.2 Å². The van der Waals surface area contributed by atoms with E-state index in [0.29, 0.717) is 5.75 Å². The summed E-state index contributed by atoms with van der Waals surface area (Å²) in [6, 6.07) is 4.27. The second-order valence-electron chi connectivity index (χ2n) is 3.37. The molecule has 0 saturated carbocycles. The molecule has 0 unspecified atom stereocenters. The zero-order chi connectivity index (χ0) is 13.5. The van der Waals surface area contributed by atoms with Crippen molar-refractivity contribution in [1.29, 1.82) is 0 Å². The van der Waals surface area contributed by atoms with Crippen LogP contribution in [0.4, 0.5) is 0 Å². The summed E-state index contributed by atoms with van der Waals surface area (Å²) in [4.78, 5) is 22.7. The van der Waals surface area contributed by atoms with Crippen molar-refractivity contribution in [2.75, 3.05) is 20.3 Å². The number of hydrogen-bond acceptors (Lipinski definition) is 5. The predicted octanol–water partition coefficient (Wildman–Crippen LogP) is 0.694. The lowest BCUT2D eigenvalue weighted by Crippen LogP contribution is -2.30. The molecule has 1 amide bonds. The number of phenols is 1. The third-order valence-electron chi connectivity index (χ3n) is 2.15. The molecule has 0 aliphatic carbocycles. The van der Waals surface area contributed by atoms with Crippen LogP contribution in [0.3, 0.4) is 0 Å². The normalized spacial score (nSPS) is 9.67. The van der Waals surface area contributed by atoms with Crippen molar-refractivity contribution in [3.05, 3.63) is 23.8 Å². The van der Waals surface area contributed by atoms with E-state index in [-0.39, 0.29) is 24.5 Å². The Hall–Kier alpha value is -2.24. The van der Waals surface area contributed by atoms with E-state index < -0.39 is 11.9 Å². The largest absolute Gasteiger partial charge is 0.507 e. The summed E-state index contributed by atoms with van der Waals surface area (Å²) in [6.45, 7) is 1.69. The van der Waals surface area contributed by atoms with E-state index in [2.05, 4.69) is 10.1 Å². The summed E-state index contributed by atoms with van der Waals surface area (Å²) in [7, 11) is 1.45. The molecular weight excluding hydrogens is 238 g/mol. The summed E-state index contributed by atoms with van der Waals surface area (Å²) >= 11 is 0. The Bertz CT molecular complexity index is 444. The molecule has 0 saturated heterocycles. The van der Waals surface area contributed by atoms with Crippen molar-refractivity contribution in [3.8, 4) is 11.5 Å². The third-order valence-corrected chi connectivity index (χ3v) is 2.15. The summed E-state index contributed by atoms with van der Waals surface area (Å²) in [5.41, 5.74) is 0.0695. The van der Waals surface area contributed by atoms with Crippen molar-refractivity contribution in [3.63, 3.8) is 0 Å². The Morgan fingerprint density at radius 3 is 2.67 bits per heavy atom. The number of aromatic hydroxyl groups is 1. The van der Waals surface area contributed by atoms with Crippen LogP contribution in [-0.2, 0) is 9.53 Å². The minimum absolute atomic E-state index is 0.0695. The van der Waals surface area contributed by atoms with Gasteiger partial charge in [0.05, 0.1) is 19.3 Å². The van der Waals surface area contributed by atoms with Crippen LogP contribution in [0.1, 0.15) is 17.3 Å². The van der Waals surface area contributed by atoms with E-state index in [4.69, 9.17) is 4.74 Å². The van der Waals surface area contributed by atoms with Crippen LogP contribution in [0.5, 0.6) is 11.5 Å². The molecule has 1 rings (SSSR count). The third kappa shape index (κ3) is 3.65. The lowest BCUT2D eigenvalue weighted by atomic mass is 10.2. The number of methoxy groups -OCH3 is 1. The molecule has 0 radical (unpaired) electrons. The maximum absolute atomic E-state index is 11.7. The second-order valence-corrected chi connectivity index (χ2v) is 3.37. The molecule has 0 spiro atoms. The molecule has 1 aromatic rings. The Kier molecular flexibility index (Phi) is 4.98. The molecule has 2 N–H and O–H groups in total. The van der Waals surface area contributed by atoms with Gasteiger partial charge < -0.3 is 19.9 Å². The Labute approximate surface area is 105 Å². The van der Waals surface area contributed by atoms with E-state index in [1.807, 2.05) is 0 Å². The Balaban J connectivity index is 2.64. The molecule has 0 atom stereocenters. The van der Waals surface area contributed by atoms with Crippen molar-refractivity contribution in [2.24, 2.45) is 0 Å². The minimum Gasteiger partial charge on any atom is -0.507 e. The van der Waals surface area contributed by atoms with Gasteiger partial charge in [0.2, 0.25) is 0 Å². The van der Waals surface area contributed by atoms with E-state index in [1.54, 1.807) is 13.0 Å². The fraction of sp³-hybridized carbons (Fsp3) is 0.333. The average molecular weight is 253 g/mol. The monoisotopic (exact) mass is 253 g/mol. The number of ether oxygens (including phenoxy) is 2. The lowest BCUT2D eigenvalue weighted by Gasteiger charge is -2.07. The van der Waals surface area contributed by atoms with Crippen LogP contribution >= 0.6 is 0 Å². The number of carbonyl (C=O) groups is 2. The predicted molar refractivity (Wildman–Crippen MR) is 63.6 cm³/mol. The first-order chi connectivity index (χ1) is 8.58. The van der Waals surface area contributed by atoms with E-state index >= 15 is 0 Å². The molecule has 6 nitrogen and oxygen atoms in total. The van der Waals surface area contributed by atoms with Crippen LogP contribution in [0.25, 0.3) is 0 Å². The molecule has 0 aliphatic rings. The maximum atomic E-state index is 11.7. The quantitative estimate of drug-likeness (QED) is 0.754. The second kappa shape index (κ2) is 6.48. The maximum Gasteiger partial charge on any atom is 0.325 e. The van der Waals surface area contributed by atoms with Gasteiger partial charge in [-0.1, -0.05) is 0 Å². The Morgan fingerprint density at radius 1 is 1.39 bits per heavy atom. The lowest BCUT2D eigenvalue weighted by molar-refractivity contribution is -0.141. The molecule has 98 valence electrons. The summed E-state index contributed by atoms with van der Waals surface area (Å²) < 4.78 is 9.55. The zero-order valence-electron chi connectivity index (χ0n) is 10.2. The first-order valence-corrected chi connectivity index (χ1v) is 5.39. The van der Waals surface area contributed by atoms with Gasteiger partial charge in [0.25, 0.3) is 5.91 Å². The number of esters is 1. The van der Waals surface area contributed by atoms with Gasteiger partial charge in [-0.2, -0.15) is 0 Å². The fourth-order valence-corrected chi connectivity index (χ4v) is 1.29. The van der Waals surface area contributed by atoms with Gasteiger partial charge in [-0.3, -0.25) is 9.59 Å². The molecule has 0 bridgehead atoms. The minimum atomic E-state index is -0.553. The topological polar surface area (TPSA) is 84.9 Å². The van der Waals surface area contributed by atoms with Gasteiger partial charge in [0.15, 0.2) is 0 Å². The number of rotatable bonds is 5. The Morgan fingerprint density at radius 2 is 2.11 bits per heavy atom. The first kappa shape index (κ1) is 13.8. The highest BCUT2D eigenvalue weighted by Crippen LogP contribution is 2.22. The average Bonchev–Trinajstić information content (AvgIpc) is 2.36. The highest BCUT2D eigenvalue weighted by molar-refractivity contribution is 5.98. The fourth-order valence-electron chi connectivity index (χ4n) is 1.29. The van der Waals surface area contributed by atoms with Gasteiger partial charge in [-0.25, -0.2) is 0 Å². The van der Waals surface area contributed by atoms with Crippen LogP contribution in [0, 0.1) is 0 Å². The number of benzene rings is 1. The van der Waals surface area contributed by atoms with Crippen molar-refractivity contribution in [2.45, 2.75) is 6.92 Å². The number of amides is 1. The summed E-state index contributed by atoms with van der Waals surface area (Å²) in [6.07, 6.45) is 0. The highest BCUT2D eigenvalue weighted by Gasteiger charge is 2.13. The first-order valence-electron chi connectivity index (χ1n) is 5.39. The van der Waals surface area contributed by atoms with Crippen LogP contribution in [-0.4, -0.2) is 37.2 Å². The van der Waals surface area contributed by atoms with Crippen molar-refractivity contribution in [1.82, 2.24) is 5.32 Å². The smallest absolute Gasteiger partial charge is 0.325 e. The van der Waals surface area contributed by atoms with Gasteiger partial charge in [0, 0.05) is 6.07 Å². The van der Waals surface area contributed by atoms with E-state index in [0.717, 1.165) is 0 Å². The molecule has 1 aromatic carbocycles. The number of hydrogen-bond donors (Lipinski definition) is 2. The van der Waals surface area contributed by atoms with Crippen LogP contribution in [0.15, 0.2) is 18.2 Å². The standard InChI is InChI=1S/C12H15NO5/c1-3-18-11(15)7-13-12(16)9-5-4-8(17-2)6-10(9)14/h4-6,14H,3,7H2,1-2H3,(H,13,16). The zero-order valence-corrected chi connectivity index (χ0v) is 10.2. The highest BCUT2D eigenvalue weighted by atomic mass is 16.5. The SMILES string of the molecule is CCOC(=O)CNC(=O)c1ccc(OC)cc1O. The van der Waals surface area contributed by atoms with E-state index in [9.17, 15) is 14.7 Å². The van der Waals surface area contributed by atoms with Gasteiger partial charge >= 0.3 is 5.97 Å². The van der Waals surface area contributed by atoms with Crippen LogP contribution in [0.2, 0.25) is 0 Å². The molecule has 0 fully saturated rings. The molecule has 0 aromatic heterocycles. The van der Waals surface area contributed by atoms with Crippen molar-refractivity contribution < 1.29 is 24.2 Å².